The smallest absolute Gasteiger partial charge is 0.262 e. The molecule has 138 valence electrons. The second-order valence-electron chi connectivity index (χ2n) is 6.01. The molecule has 0 aliphatic rings. The van der Waals surface area contributed by atoms with Crippen molar-refractivity contribution in [3.8, 4) is 11.5 Å². The minimum Gasteiger partial charge on any atom is -0.494 e. The summed E-state index contributed by atoms with van der Waals surface area (Å²) in [6.45, 7) is 5.24. The molecule has 2 aromatic carbocycles. The number of ether oxygens (including phenoxy) is 2. The summed E-state index contributed by atoms with van der Waals surface area (Å²) in [4.78, 5) is 12.7. The number of aromatic nitrogens is 4. The lowest BCUT2D eigenvalue weighted by atomic mass is 10.2. The van der Waals surface area contributed by atoms with E-state index in [0.29, 0.717) is 35.9 Å². The second-order valence-corrected chi connectivity index (χ2v) is 6.01. The predicted molar refractivity (Wildman–Crippen MR) is 102 cm³/mol. The van der Waals surface area contributed by atoms with Crippen molar-refractivity contribution >= 4 is 16.7 Å². The highest BCUT2D eigenvalue weighted by Crippen LogP contribution is 2.20. The van der Waals surface area contributed by atoms with Crippen LogP contribution >= 0.6 is 0 Å². The van der Waals surface area contributed by atoms with E-state index in [1.54, 1.807) is 4.57 Å². The van der Waals surface area contributed by atoms with Gasteiger partial charge in [-0.1, -0.05) is 12.1 Å². The first kappa shape index (κ1) is 17.1. The molecule has 27 heavy (non-hydrogen) atoms. The molecule has 7 heteroatoms. The van der Waals surface area contributed by atoms with Crippen LogP contribution in [-0.4, -0.2) is 25.8 Å². The van der Waals surface area contributed by atoms with E-state index >= 15 is 0 Å². The molecule has 2 aromatic heterocycles. The lowest BCUT2D eigenvalue weighted by Crippen LogP contribution is -2.22. The zero-order valence-electron chi connectivity index (χ0n) is 15.3. The summed E-state index contributed by atoms with van der Waals surface area (Å²) < 4.78 is 14.8. The SMILES string of the molecule is CCOc1ccc(OCc2nnc3n(CC)c(=O)c4ccccc4n23)cc1. The molecule has 0 saturated heterocycles. The molecule has 0 unspecified atom stereocenters. The molecule has 4 aromatic rings. The number of fused-ring (bicyclic) bond motifs is 3. The van der Waals surface area contributed by atoms with Gasteiger partial charge in [-0.15, -0.1) is 10.2 Å². The normalized spacial score (nSPS) is 11.2. The molecule has 0 saturated carbocycles. The van der Waals surface area contributed by atoms with Gasteiger partial charge in [-0.05, 0) is 50.2 Å². The van der Waals surface area contributed by atoms with Crippen molar-refractivity contribution in [2.45, 2.75) is 27.0 Å². The van der Waals surface area contributed by atoms with Gasteiger partial charge in [0.05, 0.1) is 17.5 Å². The number of hydrogen-bond donors (Lipinski definition) is 0. The predicted octanol–water partition coefficient (Wildman–Crippen LogP) is 3.04. The Labute approximate surface area is 155 Å². The van der Waals surface area contributed by atoms with Crippen molar-refractivity contribution in [3.05, 3.63) is 64.7 Å². The maximum Gasteiger partial charge on any atom is 0.262 e. The van der Waals surface area contributed by atoms with Crippen LogP contribution < -0.4 is 15.0 Å². The van der Waals surface area contributed by atoms with Crippen LogP contribution in [-0.2, 0) is 13.2 Å². The summed E-state index contributed by atoms with van der Waals surface area (Å²) in [5.74, 6) is 2.67. The van der Waals surface area contributed by atoms with Crippen LogP contribution in [0.5, 0.6) is 11.5 Å². The van der Waals surface area contributed by atoms with Crippen LogP contribution in [0, 0.1) is 0 Å². The van der Waals surface area contributed by atoms with E-state index in [4.69, 9.17) is 9.47 Å². The molecule has 0 aliphatic heterocycles. The molecular weight excluding hydrogens is 344 g/mol. The molecule has 0 N–H and O–H groups in total. The fourth-order valence-corrected chi connectivity index (χ4v) is 3.14. The Bertz CT molecular complexity index is 1150. The molecule has 0 atom stereocenters. The topological polar surface area (TPSA) is 70.7 Å². The van der Waals surface area contributed by atoms with E-state index in [-0.39, 0.29) is 12.2 Å². The van der Waals surface area contributed by atoms with Crippen molar-refractivity contribution in [3.63, 3.8) is 0 Å². The Morgan fingerprint density at radius 1 is 0.926 bits per heavy atom. The minimum atomic E-state index is -0.0630. The van der Waals surface area contributed by atoms with Crippen LogP contribution in [0.25, 0.3) is 16.7 Å². The zero-order valence-corrected chi connectivity index (χ0v) is 15.3. The molecule has 0 spiro atoms. The lowest BCUT2D eigenvalue weighted by Gasteiger charge is -2.10. The Hall–Kier alpha value is -3.35. The van der Waals surface area contributed by atoms with Crippen molar-refractivity contribution in [2.24, 2.45) is 0 Å². The first-order chi connectivity index (χ1) is 13.2. The molecule has 0 amide bonds. The molecule has 2 heterocycles. The Morgan fingerprint density at radius 2 is 1.63 bits per heavy atom. The van der Waals surface area contributed by atoms with Crippen molar-refractivity contribution in [2.75, 3.05) is 6.61 Å². The van der Waals surface area contributed by atoms with Gasteiger partial charge < -0.3 is 9.47 Å². The summed E-state index contributed by atoms with van der Waals surface area (Å²) in [6.07, 6.45) is 0. The number of para-hydroxylation sites is 1. The van der Waals surface area contributed by atoms with Crippen LogP contribution in [0.3, 0.4) is 0 Å². The Balaban J connectivity index is 1.72. The van der Waals surface area contributed by atoms with Crippen LogP contribution in [0.2, 0.25) is 0 Å². The van der Waals surface area contributed by atoms with E-state index in [1.807, 2.05) is 66.8 Å². The maximum absolute atomic E-state index is 12.7. The summed E-state index contributed by atoms with van der Waals surface area (Å²) >= 11 is 0. The maximum atomic E-state index is 12.7. The number of rotatable bonds is 6. The molecule has 0 radical (unpaired) electrons. The van der Waals surface area contributed by atoms with E-state index in [2.05, 4.69) is 10.2 Å². The number of nitrogens with zero attached hydrogens (tertiary/aromatic N) is 4. The van der Waals surface area contributed by atoms with Gasteiger partial charge >= 0.3 is 0 Å². The molecule has 0 fully saturated rings. The van der Waals surface area contributed by atoms with E-state index < -0.39 is 0 Å². The van der Waals surface area contributed by atoms with Gasteiger partial charge in [0.2, 0.25) is 5.78 Å². The van der Waals surface area contributed by atoms with E-state index in [9.17, 15) is 4.79 Å². The monoisotopic (exact) mass is 364 g/mol. The van der Waals surface area contributed by atoms with Gasteiger partial charge in [0.1, 0.15) is 18.1 Å². The van der Waals surface area contributed by atoms with Crippen LogP contribution in [0.15, 0.2) is 53.3 Å². The van der Waals surface area contributed by atoms with Crippen molar-refractivity contribution in [1.29, 1.82) is 0 Å². The van der Waals surface area contributed by atoms with Gasteiger partial charge in [0.25, 0.3) is 5.56 Å². The number of benzene rings is 2. The van der Waals surface area contributed by atoms with Crippen LogP contribution in [0.1, 0.15) is 19.7 Å². The fourth-order valence-electron chi connectivity index (χ4n) is 3.14. The third-order valence-electron chi connectivity index (χ3n) is 4.39. The largest absolute Gasteiger partial charge is 0.494 e. The van der Waals surface area contributed by atoms with Crippen molar-refractivity contribution in [1.82, 2.24) is 19.2 Å². The fraction of sp³-hybridized carbons (Fsp3) is 0.250. The average molecular weight is 364 g/mol. The zero-order chi connectivity index (χ0) is 18.8. The molecule has 7 nitrogen and oxygen atoms in total. The quantitative estimate of drug-likeness (QED) is 0.526. The number of hydrogen-bond acceptors (Lipinski definition) is 5. The summed E-state index contributed by atoms with van der Waals surface area (Å²) in [5.41, 5.74) is 0.712. The second kappa shape index (κ2) is 7.11. The van der Waals surface area contributed by atoms with Gasteiger partial charge in [-0.25, -0.2) is 0 Å². The standard InChI is InChI=1S/C20H20N4O3/c1-3-23-19(25)16-7-5-6-8-17(16)24-18(21-22-20(23)24)13-27-15-11-9-14(10-12-15)26-4-2/h5-12H,3-4,13H2,1-2H3. The average Bonchev–Trinajstić information content (AvgIpc) is 3.12. The Morgan fingerprint density at radius 3 is 2.33 bits per heavy atom. The highest BCUT2D eigenvalue weighted by Gasteiger charge is 2.15. The van der Waals surface area contributed by atoms with Gasteiger partial charge in [-0.2, -0.15) is 0 Å². The van der Waals surface area contributed by atoms with Gasteiger partial charge in [0, 0.05) is 6.54 Å². The lowest BCUT2D eigenvalue weighted by molar-refractivity contribution is 0.293. The van der Waals surface area contributed by atoms with Crippen LogP contribution in [0.4, 0.5) is 0 Å². The third-order valence-corrected chi connectivity index (χ3v) is 4.39. The highest BCUT2D eigenvalue weighted by molar-refractivity contribution is 5.80. The summed E-state index contributed by atoms with van der Waals surface area (Å²) in [5, 5.41) is 9.12. The minimum absolute atomic E-state index is 0.0630. The van der Waals surface area contributed by atoms with Crippen molar-refractivity contribution < 1.29 is 9.47 Å². The summed E-state index contributed by atoms with van der Waals surface area (Å²) in [6, 6.07) is 14.9. The first-order valence-electron chi connectivity index (χ1n) is 8.94. The van der Waals surface area contributed by atoms with Gasteiger partial charge in [-0.3, -0.25) is 13.8 Å². The summed E-state index contributed by atoms with van der Waals surface area (Å²) in [7, 11) is 0. The molecule has 0 bridgehead atoms. The molecule has 0 aliphatic carbocycles. The van der Waals surface area contributed by atoms with E-state index in [0.717, 1.165) is 11.3 Å². The first-order valence-corrected chi connectivity index (χ1v) is 8.94. The number of aryl methyl sites for hydroxylation is 1. The third kappa shape index (κ3) is 3.01. The highest BCUT2D eigenvalue weighted by atomic mass is 16.5. The molecular formula is C20H20N4O3. The molecule has 4 rings (SSSR count). The van der Waals surface area contributed by atoms with Gasteiger partial charge in [0.15, 0.2) is 5.82 Å². The van der Waals surface area contributed by atoms with E-state index in [1.165, 1.54) is 0 Å². The Kier molecular flexibility index (Phi) is 4.50.